The summed E-state index contributed by atoms with van der Waals surface area (Å²) in [6.45, 7) is 7.88. The molecule has 1 unspecified atom stereocenters. The summed E-state index contributed by atoms with van der Waals surface area (Å²) in [4.78, 5) is 0. The van der Waals surface area contributed by atoms with E-state index in [1.54, 1.807) is 12.1 Å². The summed E-state index contributed by atoms with van der Waals surface area (Å²) in [6.07, 6.45) is 3.61. The molecular weight excluding hydrogens is 305 g/mol. The summed E-state index contributed by atoms with van der Waals surface area (Å²) in [5.74, 6) is 0.369. The summed E-state index contributed by atoms with van der Waals surface area (Å²) in [6, 6.07) is 5.74. The molecule has 1 nitrogen and oxygen atoms in total. The van der Waals surface area contributed by atoms with Crippen molar-refractivity contribution in [3.8, 4) is 0 Å². The number of rotatable bonds is 5. The molecule has 1 fully saturated rings. The monoisotopic (exact) mass is 327 g/mol. The second kappa shape index (κ2) is 5.92. The van der Waals surface area contributed by atoms with Gasteiger partial charge in [-0.2, -0.15) is 0 Å². The minimum atomic E-state index is -0.181. The summed E-state index contributed by atoms with van der Waals surface area (Å²) in [7, 11) is 0. The van der Waals surface area contributed by atoms with Gasteiger partial charge in [-0.25, -0.2) is 4.39 Å². The molecule has 0 bridgehead atoms. The molecule has 19 heavy (non-hydrogen) atoms. The Bertz CT molecular complexity index is 435. The third kappa shape index (κ3) is 4.57. The van der Waals surface area contributed by atoms with Gasteiger partial charge in [0.2, 0.25) is 0 Å². The number of benzene rings is 1. The van der Waals surface area contributed by atoms with E-state index in [-0.39, 0.29) is 11.2 Å². The highest BCUT2D eigenvalue weighted by Crippen LogP contribution is 2.32. The van der Waals surface area contributed by atoms with Crippen molar-refractivity contribution in [2.45, 2.75) is 46.1 Å². The van der Waals surface area contributed by atoms with Crippen LogP contribution in [-0.2, 0) is 6.42 Å². The fraction of sp³-hybridized carbons (Fsp3) is 0.625. The van der Waals surface area contributed by atoms with Crippen LogP contribution < -0.4 is 5.32 Å². The topological polar surface area (TPSA) is 12.0 Å². The predicted molar refractivity (Wildman–Crippen MR) is 81.8 cm³/mol. The highest BCUT2D eigenvalue weighted by atomic mass is 79.9. The Morgan fingerprint density at radius 1 is 1.37 bits per heavy atom. The highest BCUT2D eigenvalue weighted by Gasteiger charge is 2.28. The second-order valence-corrected chi connectivity index (χ2v) is 7.54. The van der Waals surface area contributed by atoms with Crippen molar-refractivity contribution in [2.24, 2.45) is 11.3 Å². The zero-order valence-corrected chi connectivity index (χ0v) is 13.6. The molecule has 0 amide bonds. The SMILES string of the molecule is CC(C)(C)C(CNC1CC1)Cc1ccc(F)cc1Br. The van der Waals surface area contributed by atoms with Gasteiger partial charge >= 0.3 is 0 Å². The van der Waals surface area contributed by atoms with E-state index in [0.717, 1.165) is 23.5 Å². The Kier molecular flexibility index (Phi) is 4.67. The Labute approximate surface area is 124 Å². The molecular formula is C16H23BrFN. The van der Waals surface area contributed by atoms with Gasteiger partial charge in [-0.3, -0.25) is 0 Å². The van der Waals surface area contributed by atoms with E-state index in [2.05, 4.69) is 42.0 Å². The Morgan fingerprint density at radius 2 is 2.05 bits per heavy atom. The molecule has 1 saturated carbocycles. The third-order valence-corrected chi connectivity index (χ3v) is 4.67. The molecule has 0 saturated heterocycles. The lowest BCUT2D eigenvalue weighted by Crippen LogP contribution is -2.34. The van der Waals surface area contributed by atoms with Crippen molar-refractivity contribution in [3.05, 3.63) is 34.1 Å². The second-order valence-electron chi connectivity index (χ2n) is 6.69. The Balaban J connectivity index is 2.05. The maximum atomic E-state index is 13.1. The number of hydrogen-bond acceptors (Lipinski definition) is 1. The molecule has 1 atom stereocenters. The predicted octanol–water partition coefficient (Wildman–Crippen LogP) is 4.55. The van der Waals surface area contributed by atoms with Crippen molar-refractivity contribution < 1.29 is 4.39 Å². The maximum Gasteiger partial charge on any atom is 0.124 e. The molecule has 0 radical (unpaired) electrons. The van der Waals surface area contributed by atoms with Crippen LogP contribution in [0.3, 0.4) is 0 Å². The summed E-state index contributed by atoms with van der Waals surface area (Å²) in [5, 5.41) is 3.62. The van der Waals surface area contributed by atoms with E-state index in [4.69, 9.17) is 0 Å². The van der Waals surface area contributed by atoms with Gasteiger partial charge in [-0.05, 0) is 54.8 Å². The van der Waals surface area contributed by atoms with E-state index >= 15 is 0 Å². The fourth-order valence-electron chi connectivity index (χ4n) is 2.23. The minimum Gasteiger partial charge on any atom is -0.314 e. The average Bonchev–Trinajstić information content (AvgIpc) is 3.09. The minimum absolute atomic E-state index is 0.181. The summed E-state index contributed by atoms with van der Waals surface area (Å²) < 4.78 is 14.0. The first-order valence-corrected chi connectivity index (χ1v) is 7.83. The average molecular weight is 328 g/mol. The van der Waals surface area contributed by atoms with Crippen molar-refractivity contribution in [1.82, 2.24) is 5.32 Å². The standard InChI is InChI=1S/C16H23BrFN/c1-16(2,3)12(10-19-14-6-7-14)8-11-4-5-13(18)9-15(11)17/h4-5,9,12,14,19H,6-8,10H2,1-3H3. The Morgan fingerprint density at radius 3 is 2.58 bits per heavy atom. The normalized spacial score (nSPS) is 17.5. The third-order valence-electron chi connectivity index (χ3n) is 3.94. The lowest BCUT2D eigenvalue weighted by molar-refractivity contribution is 0.230. The quantitative estimate of drug-likeness (QED) is 0.836. The molecule has 0 aromatic heterocycles. The van der Waals surface area contributed by atoms with Crippen LogP contribution in [0.5, 0.6) is 0 Å². The van der Waals surface area contributed by atoms with Crippen LogP contribution in [0.15, 0.2) is 22.7 Å². The van der Waals surface area contributed by atoms with Gasteiger partial charge in [0.15, 0.2) is 0 Å². The molecule has 2 rings (SSSR count). The van der Waals surface area contributed by atoms with Gasteiger partial charge in [-0.1, -0.05) is 42.8 Å². The largest absolute Gasteiger partial charge is 0.314 e. The van der Waals surface area contributed by atoms with Crippen LogP contribution in [-0.4, -0.2) is 12.6 Å². The number of hydrogen-bond donors (Lipinski definition) is 1. The van der Waals surface area contributed by atoms with Gasteiger partial charge in [0.25, 0.3) is 0 Å². The van der Waals surface area contributed by atoms with Crippen molar-refractivity contribution in [3.63, 3.8) is 0 Å². The highest BCUT2D eigenvalue weighted by molar-refractivity contribution is 9.10. The molecule has 106 valence electrons. The first kappa shape index (κ1) is 15.0. The van der Waals surface area contributed by atoms with E-state index in [0.29, 0.717) is 5.92 Å². The zero-order valence-electron chi connectivity index (χ0n) is 12.0. The van der Waals surface area contributed by atoms with E-state index < -0.39 is 0 Å². The number of nitrogens with one attached hydrogen (secondary N) is 1. The molecule has 1 aromatic rings. The van der Waals surface area contributed by atoms with Gasteiger partial charge < -0.3 is 5.32 Å². The molecule has 0 heterocycles. The van der Waals surface area contributed by atoms with Crippen LogP contribution in [0.1, 0.15) is 39.2 Å². The van der Waals surface area contributed by atoms with Crippen LogP contribution in [0.25, 0.3) is 0 Å². The van der Waals surface area contributed by atoms with Crippen molar-refractivity contribution >= 4 is 15.9 Å². The first-order valence-electron chi connectivity index (χ1n) is 7.03. The van der Waals surface area contributed by atoms with Gasteiger partial charge in [0.1, 0.15) is 5.82 Å². The van der Waals surface area contributed by atoms with Gasteiger partial charge in [0, 0.05) is 10.5 Å². The van der Waals surface area contributed by atoms with Crippen molar-refractivity contribution in [2.75, 3.05) is 6.54 Å². The molecule has 1 N–H and O–H groups in total. The smallest absolute Gasteiger partial charge is 0.124 e. The summed E-state index contributed by atoms with van der Waals surface area (Å²) in [5.41, 5.74) is 1.44. The van der Waals surface area contributed by atoms with E-state index in [9.17, 15) is 4.39 Å². The number of halogens is 2. The molecule has 1 aliphatic rings. The zero-order chi connectivity index (χ0) is 14.0. The molecule has 3 heteroatoms. The van der Waals surface area contributed by atoms with Crippen LogP contribution in [0.2, 0.25) is 0 Å². The molecule has 1 aliphatic carbocycles. The molecule has 0 spiro atoms. The van der Waals surface area contributed by atoms with Crippen LogP contribution in [0, 0.1) is 17.2 Å². The molecule has 0 aliphatic heterocycles. The van der Waals surface area contributed by atoms with Crippen molar-refractivity contribution in [1.29, 1.82) is 0 Å². The maximum absolute atomic E-state index is 13.1. The van der Waals surface area contributed by atoms with E-state index in [1.807, 2.05) is 6.07 Å². The molecule has 1 aromatic carbocycles. The first-order chi connectivity index (χ1) is 8.86. The van der Waals surface area contributed by atoms with Gasteiger partial charge in [0.05, 0.1) is 0 Å². The van der Waals surface area contributed by atoms with Gasteiger partial charge in [-0.15, -0.1) is 0 Å². The lowest BCUT2D eigenvalue weighted by Gasteiger charge is -2.31. The fourth-order valence-corrected chi connectivity index (χ4v) is 2.75. The van der Waals surface area contributed by atoms with E-state index in [1.165, 1.54) is 18.4 Å². The lowest BCUT2D eigenvalue weighted by atomic mass is 9.77. The summed E-state index contributed by atoms with van der Waals surface area (Å²) >= 11 is 3.47. The van der Waals surface area contributed by atoms with Crippen LogP contribution in [0.4, 0.5) is 4.39 Å². The Hall–Kier alpha value is -0.410. The van der Waals surface area contributed by atoms with Crippen LogP contribution >= 0.6 is 15.9 Å².